The summed E-state index contributed by atoms with van der Waals surface area (Å²) in [4.78, 5) is 28.1. The summed E-state index contributed by atoms with van der Waals surface area (Å²) < 4.78 is 25.6. The van der Waals surface area contributed by atoms with E-state index in [0.717, 1.165) is 0 Å². The molecule has 0 radical (unpaired) electrons. The Morgan fingerprint density at radius 2 is 1.76 bits per heavy atom. The zero-order valence-corrected chi connectivity index (χ0v) is 16.1. The molecular formula is C20H18FNO6S. The molecule has 0 saturated heterocycles. The van der Waals surface area contributed by atoms with Crippen LogP contribution < -0.4 is 0 Å². The quantitative estimate of drug-likeness (QED) is 0.501. The Labute approximate surface area is 168 Å². The Balaban J connectivity index is 1.92. The number of carbonyl (C=O) groups is 2. The van der Waals surface area contributed by atoms with Crippen LogP contribution in [0.2, 0.25) is 0 Å². The molecule has 9 heteroatoms. The zero-order valence-electron chi connectivity index (χ0n) is 15.3. The fourth-order valence-corrected chi connectivity index (χ4v) is 4.27. The molecule has 29 heavy (non-hydrogen) atoms. The molecule has 0 amide bonds. The van der Waals surface area contributed by atoms with Crippen molar-refractivity contribution < 1.29 is 33.9 Å². The number of benzene rings is 1. The first-order valence-electron chi connectivity index (χ1n) is 8.59. The molecule has 1 heterocycles. The number of aromatic nitrogens is 1. The molecule has 3 N–H and O–H groups in total. The van der Waals surface area contributed by atoms with E-state index in [2.05, 4.69) is 4.98 Å². The normalized spacial score (nSPS) is 27.4. The van der Waals surface area contributed by atoms with E-state index in [9.17, 15) is 33.9 Å². The number of nitrogens with zero attached hydrogens (tertiary/aromatic N) is 1. The molecule has 4 unspecified atom stereocenters. The minimum absolute atomic E-state index is 0.193. The van der Waals surface area contributed by atoms with Crippen molar-refractivity contribution in [3.05, 3.63) is 66.3 Å². The van der Waals surface area contributed by atoms with Crippen LogP contribution in [0.4, 0.5) is 4.39 Å². The first kappa shape index (κ1) is 21.0. The standard InChI is InChI=1S/C20H18FNO6S/c1-19(17(23)24)9-8-15(20(27,11-19)18(25)26)16-7-6-14(10-22-16)29(28)13-4-2-12(21)3-5-13/h2-10,15,27H,11H2,1H3,(H,23,24)(H,25,26). The molecule has 0 saturated carbocycles. The molecule has 1 aliphatic carbocycles. The molecule has 7 nitrogen and oxygen atoms in total. The highest BCUT2D eigenvalue weighted by Gasteiger charge is 2.53. The number of aliphatic carboxylic acids is 2. The lowest BCUT2D eigenvalue weighted by atomic mass is 9.67. The van der Waals surface area contributed by atoms with Crippen LogP contribution in [0.3, 0.4) is 0 Å². The zero-order chi connectivity index (χ0) is 21.4. The van der Waals surface area contributed by atoms with Gasteiger partial charge >= 0.3 is 11.9 Å². The number of pyridine rings is 1. The lowest BCUT2D eigenvalue weighted by Gasteiger charge is -2.39. The van der Waals surface area contributed by atoms with Crippen molar-refractivity contribution in [2.75, 3.05) is 0 Å². The average Bonchev–Trinajstić information content (AvgIpc) is 2.68. The Bertz CT molecular complexity index is 964. The number of carboxylic acids is 2. The minimum Gasteiger partial charge on any atom is -0.606 e. The number of hydrogen-bond acceptors (Lipinski definition) is 5. The third kappa shape index (κ3) is 3.89. The van der Waals surface area contributed by atoms with Crippen molar-refractivity contribution >= 4 is 23.1 Å². The van der Waals surface area contributed by atoms with Gasteiger partial charge in [-0.15, -0.1) is 0 Å². The first-order chi connectivity index (χ1) is 13.6. The van der Waals surface area contributed by atoms with Crippen LogP contribution >= 0.6 is 0 Å². The summed E-state index contributed by atoms with van der Waals surface area (Å²) in [6, 6.07) is 8.06. The topological polar surface area (TPSA) is 131 Å². The average molecular weight is 419 g/mol. The Kier molecular flexibility index (Phi) is 5.48. The Hall–Kier alpha value is -2.75. The SMILES string of the molecule is CC1(C(=O)O)C=CC(c2ccc([S+]([O-])c3ccc(F)cc3)cn2)C(O)(C(=O)O)C1. The summed E-state index contributed by atoms with van der Waals surface area (Å²) in [5, 5.41) is 29.7. The summed E-state index contributed by atoms with van der Waals surface area (Å²) in [6.07, 6.45) is 3.43. The van der Waals surface area contributed by atoms with Crippen LogP contribution in [-0.4, -0.2) is 42.4 Å². The van der Waals surface area contributed by atoms with Crippen molar-refractivity contribution in [2.24, 2.45) is 5.41 Å². The van der Waals surface area contributed by atoms with Gasteiger partial charge in [-0.05, 0) is 43.3 Å². The van der Waals surface area contributed by atoms with Crippen LogP contribution in [0.5, 0.6) is 0 Å². The van der Waals surface area contributed by atoms with E-state index in [1.807, 2.05) is 0 Å². The van der Waals surface area contributed by atoms with E-state index in [1.165, 1.54) is 61.7 Å². The van der Waals surface area contributed by atoms with Gasteiger partial charge in [0.25, 0.3) is 0 Å². The molecule has 0 aliphatic heterocycles. The van der Waals surface area contributed by atoms with E-state index in [-0.39, 0.29) is 5.69 Å². The highest BCUT2D eigenvalue weighted by atomic mass is 32.2. The highest BCUT2D eigenvalue weighted by molar-refractivity contribution is 7.91. The largest absolute Gasteiger partial charge is 0.606 e. The molecule has 1 aromatic carbocycles. The van der Waals surface area contributed by atoms with Gasteiger partial charge in [-0.25, -0.2) is 9.18 Å². The predicted molar refractivity (Wildman–Crippen MR) is 100 cm³/mol. The fourth-order valence-electron chi connectivity index (χ4n) is 3.27. The third-order valence-corrected chi connectivity index (χ3v) is 6.36. The maximum Gasteiger partial charge on any atom is 0.336 e. The number of hydrogen-bond donors (Lipinski definition) is 3. The number of carboxylic acid groups (broad SMARTS) is 2. The van der Waals surface area contributed by atoms with Crippen LogP contribution in [0.25, 0.3) is 0 Å². The van der Waals surface area contributed by atoms with Crippen molar-refractivity contribution in [3.8, 4) is 0 Å². The van der Waals surface area contributed by atoms with Crippen LogP contribution in [0.15, 0.2) is 64.5 Å². The molecule has 0 fully saturated rings. The lowest BCUT2D eigenvalue weighted by molar-refractivity contribution is -0.167. The van der Waals surface area contributed by atoms with Crippen molar-refractivity contribution in [1.29, 1.82) is 0 Å². The van der Waals surface area contributed by atoms with E-state index < -0.39 is 52.3 Å². The second-order valence-electron chi connectivity index (χ2n) is 7.11. The van der Waals surface area contributed by atoms with Crippen LogP contribution in [-0.2, 0) is 20.8 Å². The number of aliphatic hydroxyl groups is 1. The van der Waals surface area contributed by atoms with E-state index in [0.29, 0.717) is 9.79 Å². The van der Waals surface area contributed by atoms with Gasteiger partial charge in [0.1, 0.15) is 5.82 Å². The third-order valence-electron chi connectivity index (χ3n) is 4.99. The molecule has 2 aromatic rings. The monoisotopic (exact) mass is 419 g/mol. The maximum absolute atomic E-state index is 13.0. The molecule has 0 bridgehead atoms. The van der Waals surface area contributed by atoms with Gasteiger partial charge in [0, 0.05) is 17.6 Å². The molecular weight excluding hydrogens is 401 g/mol. The van der Waals surface area contributed by atoms with Gasteiger partial charge in [-0.1, -0.05) is 12.2 Å². The first-order valence-corrected chi connectivity index (χ1v) is 9.74. The Morgan fingerprint density at radius 3 is 2.28 bits per heavy atom. The van der Waals surface area contributed by atoms with Crippen LogP contribution in [0.1, 0.15) is 25.0 Å². The van der Waals surface area contributed by atoms with E-state index in [1.54, 1.807) is 0 Å². The minimum atomic E-state index is -2.37. The van der Waals surface area contributed by atoms with Crippen molar-refractivity contribution in [1.82, 2.24) is 4.98 Å². The molecule has 3 rings (SSSR count). The second-order valence-corrected chi connectivity index (χ2v) is 8.59. The van der Waals surface area contributed by atoms with E-state index >= 15 is 0 Å². The van der Waals surface area contributed by atoms with Crippen molar-refractivity contribution in [2.45, 2.75) is 34.7 Å². The lowest BCUT2D eigenvalue weighted by Crippen LogP contribution is -2.51. The molecule has 1 aromatic heterocycles. The van der Waals surface area contributed by atoms with Gasteiger partial charge in [-0.2, -0.15) is 0 Å². The molecule has 1 aliphatic rings. The van der Waals surface area contributed by atoms with Gasteiger partial charge < -0.3 is 19.9 Å². The number of halogens is 1. The predicted octanol–water partition coefficient (Wildman–Crippen LogP) is 2.34. The summed E-state index contributed by atoms with van der Waals surface area (Å²) >= 11 is -1.62. The Morgan fingerprint density at radius 1 is 1.14 bits per heavy atom. The van der Waals surface area contributed by atoms with Gasteiger partial charge in [0.15, 0.2) is 15.4 Å². The van der Waals surface area contributed by atoms with Gasteiger partial charge in [-0.3, -0.25) is 9.78 Å². The number of rotatable bonds is 5. The fraction of sp³-hybridized carbons (Fsp3) is 0.250. The highest BCUT2D eigenvalue weighted by Crippen LogP contribution is 2.44. The smallest absolute Gasteiger partial charge is 0.336 e. The summed E-state index contributed by atoms with van der Waals surface area (Å²) in [5.74, 6) is -4.34. The summed E-state index contributed by atoms with van der Waals surface area (Å²) in [6.45, 7) is 1.33. The molecule has 0 spiro atoms. The second kappa shape index (κ2) is 7.58. The molecule has 152 valence electrons. The molecule has 4 atom stereocenters. The summed E-state index contributed by atoms with van der Waals surface area (Å²) in [5.41, 5.74) is -3.71. The maximum atomic E-state index is 13.0. The summed E-state index contributed by atoms with van der Waals surface area (Å²) in [7, 11) is 0. The van der Waals surface area contributed by atoms with Gasteiger partial charge in [0.2, 0.25) is 0 Å². The van der Waals surface area contributed by atoms with Gasteiger partial charge in [0.05, 0.1) is 23.2 Å². The van der Waals surface area contributed by atoms with Crippen molar-refractivity contribution in [3.63, 3.8) is 0 Å². The van der Waals surface area contributed by atoms with Crippen LogP contribution in [0, 0.1) is 11.2 Å². The van der Waals surface area contributed by atoms with E-state index in [4.69, 9.17) is 0 Å².